The topological polar surface area (TPSA) is 104 Å². The zero-order chi connectivity index (χ0) is 17.4. The predicted octanol–water partition coefficient (Wildman–Crippen LogP) is 6.15. The molecule has 10 heteroatoms. The molecular weight excluding hydrogens is 612 g/mol. The van der Waals surface area contributed by atoms with E-state index in [0.29, 0.717) is 0 Å². The van der Waals surface area contributed by atoms with Gasteiger partial charge in [0.05, 0.1) is 5.24 Å². The standard InChI is InChI=1S/C2H2ClO.C2H4NO2.C2H3O2.3C2H5.6CH4.3Y/c1-2(3)4;1-2(4)3-5;1-2(3)4;3*1-2;;;;;;;;;/h1H2;5H,1H2,(H,3,4);1H2,(H,3,4);3*1H2,2H3;6*1H4;;;/q6*-1;;;;;;;;;. The van der Waals surface area contributed by atoms with Crippen molar-refractivity contribution in [3.05, 3.63) is 41.5 Å². The summed E-state index contributed by atoms with van der Waals surface area (Å²) in [5.41, 5.74) is 1.28. The first-order valence-corrected chi connectivity index (χ1v) is 5.06. The Bertz CT molecular complexity index is 173. The SMILES string of the molecule is C.C.C.C.C.C.[CH2-]C.[CH2-]C.[CH2-]C.[CH2-]C(=O)Cl.[CH2-]C(=O)NO.[CH2-]C(=O)O.[Y].[Y].[Y]. The van der Waals surface area contributed by atoms with Crippen molar-refractivity contribution < 1.29 is 123 Å². The van der Waals surface area contributed by atoms with E-state index < -0.39 is 17.1 Å². The number of carboxylic acid groups (broad SMARTS) is 1. The van der Waals surface area contributed by atoms with Crippen molar-refractivity contribution in [3.8, 4) is 0 Å². The minimum Gasteiger partial charge on any atom is -0.503 e. The molecule has 3 N–H and O–H groups in total. The largest absolute Gasteiger partial charge is 0.503 e. The van der Waals surface area contributed by atoms with Gasteiger partial charge in [-0.15, -0.1) is 0 Å². The predicted molar refractivity (Wildman–Crippen MR) is 118 cm³/mol. The maximum Gasteiger partial charge on any atom is 0.161 e. The minimum atomic E-state index is -1.08. The van der Waals surface area contributed by atoms with Gasteiger partial charge in [0.25, 0.3) is 0 Å². The van der Waals surface area contributed by atoms with E-state index in [-0.39, 0.29) is 143 Å². The van der Waals surface area contributed by atoms with Crippen LogP contribution >= 0.6 is 11.6 Å². The first kappa shape index (κ1) is 113. The van der Waals surface area contributed by atoms with E-state index in [4.69, 9.17) is 19.9 Å². The molecule has 0 unspecified atom stereocenters. The van der Waals surface area contributed by atoms with E-state index in [1.807, 2.05) is 0 Å². The van der Waals surface area contributed by atoms with Gasteiger partial charge in [-0.25, -0.2) is 0 Å². The second kappa shape index (κ2) is 160. The molecule has 0 saturated carbocycles. The number of hydrogen-bond donors (Lipinski definition) is 3. The molecule has 177 valence electrons. The second-order valence-corrected chi connectivity index (χ2v) is 1.71. The fourth-order valence-corrected chi connectivity index (χ4v) is 0. The average Bonchev–Trinajstić information content (AvgIpc) is 2.35. The van der Waals surface area contributed by atoms with E-state index in [1.54, 1.807) is 20.8 Å². The van der Waals surface area contributed by atoms with Crippen LogP contribution < -0.4 is 5.48 Å². The third kappa shape index (κ3) is 1390. The van der Waals surface area contributed by atoms with E-state index in [1.165, 1.54) is 5.48 Å². The van der Waals surface area contributed by atoms with Crippen molar-refractivity contribution in [2.75, 3.05) is 0 Å². The molecule has 0 fully saturated rings. The second-order valence-electron chi connectivity index (χ2n) is 1.28. The molecule has 0 aromatic rings. The van der Waals surface area contributed by atoms with E-state index in [2.05, 4.69) is 53.1 Å². The number of nitrogens with one attached hydrogen (secondary N) is 1. The van der Waals surface area contributed by atoms with Gasteiger partial charge in [-0.05, 0) is 0 Å². The van der Waals surface area contributed by atoms with Crippen molar-refractivity contribution in [2.45, 2.75) is 65.3 Å². The van der Waals surface area contributed by atoms with E-state index in [0.717, 1.165) is 0 Å². The van der Waals surface area contributed by atoms with Crippen LogP contribution in [0.25, 0.3) is 0 Å². The smallest absolute Gasteiger partial charge is 0.161 e. The number of halogens is 1. The molecule has 0 aromatic carbocycles. The molecule has 0 aromatic heterocycles. The van der Waals surface area contributed by atoms with Gasteiger partial charge in [-0.1, -0.05) is 56.2 Å². The summed E-state index contributed by atoms with van der Waals surface area (Å²) in [4.78, 5) is 27.3. The number of carboxylic acids is 1. The first-order valence-electron chi connectivity index (χ1n) is 4.68. The summed E-state index contributed by atoms with van der Waals surface area (Å²) in [6, 6.07) is 0. The molecule has 6 nitrogen and oxygen atoms in total. The van der Waals surface area contributed by atoms with Crippen LogP contribution in [0.4, 0.5) is 0 Å². The van der Waals surface area contributed by atoms with Gasteiger partial charge in [0.1, 0.15) is 5.91 Å². The maximum atomic E-state index is 9.34. The number of amides is 1. The molecule has 0 heterocycles. The molecule has 0 saturated heterocycles. The van der Waals surface area contributed by atoms with Crippen LogP contribution in [0.5, 0.6) is 0 Å². The summed E-state index contributed by atoms with van der Waals surface area (Å²) in [7, 11) is 0. The monoisotopic (exact) mass is 660 g/mol. The van der Waals surface area contributed by atoms with Crippen molar-refractivity contribution in [1.82, 2.24) is 5.48 Å². The van der Waals surface area contributed by atoms with Crippen molar-refractivity contribution in [1.29, 1.82) is 0 Å². The molecule has 0 aliphatic heterocycles. The van der Waals surface area contributed by atoms with E-state index >= 15 is 0 Å². The summed E-state index contributed by atoms with van der Waals surface area (Å²) in [5.74, 6) is -1.77. The summed E-state index contributed by atoms with van der Waals surface area (Å²) in [5, 5.41) is 14.2. The molecule has 0 bridgehead atoms. The molecule has 0 rings (SSSR count). The zero-order valence-corrected chi connectivity index (χ0v) is 22.7. The normalized spacial score (nSPS) is 3.57. The van der Waals surface area contributed by atoms with Gasteiger partial charge in [-0.2, -0.15) is 20.8 Å². The number of rotatable bonds is 0. The Labute approximate surface area is 260 Å². The van der Waals surface area contributed by atoms with Gasteiger partial charge < -0.3 is 49.3 Å². The molecule has 0 spiro atoms. The Hall–Kier alpha value is 1.78. The molecule has 0 aliphatic carbocycles. The fourth-order valence-electron chi connectivity index (χ4n) is 0. The Morgan fingerprint density at radius 3 is 0.714 bits per heavy atom. The Kier molecular flexibility index (Phi) is 645. The Morgan fingerprint density at radius 1 is 0.679 bits per heavy atom. The van der Waals surface area contributed by atoms with Crippen LogP contribution in [0.2, 0.25) is 0 Å². The van der Waals surface area contributed by atoms with Crippen LogP contribution in [-0.2, 0) is 113 Å². The van der Waals surface area contributed by atoms with Gasteiger partial charge in [-0.3, -0.25) is 22.4 Å². The van der Waals surface area contributed by atoms with Crippen LogP contribution in [-0.4, -0.2) is 27.4 Å². The summed E-state index contributed by atoms with van der Waals surface area (Å²) in [6.45, 7) is 23.1. The van der Waals surface area contributed by atoms with Crippen LogP contribution in [0.1, 0.15) is 65.3 Å². The number of carbonyl (C=O) groups is 3. The number of aliphatic carboxylic acids is 1. The number of hydroxylamine groups is 1. The average molecular weight is 661 g/mol. The third-order valence-electron chi connectivity index (χ3n) is 0.125. The van der Waals surface area contributed by atoms with Crippen molar-refractivity contribution in [2.24, 2.45) is 0 Å². The van der Waals surface area contributed by atoms with Crippen LogP contribution in [0, 0.1) is 41.5 Å². The van der Waals surface area contributed by atoms with Crippen molar-refractivity contribution >= 4 is 28.7 Å². The minimum absolute atomic E-state index is 0. The van der Waals surface area contributed by atoms with Crippen LogP contribution in [0.15, 0.2) is 0 Å². The zero-order valence-electron chi connectivity index (χ0n) is 13.5. The summed E-state index contributed by atoms with van der Waals surface area (Å²) < 4.78 is 0. The number of carbonyl (C=O) groups excluding carboxylic acids is 2. The van der Waals surface area contributed by atoms with Gasteiger partial charge in [0, 0.05) is 98.1 Å². The summed E-state index contributed by atoms with van der Waals surface area (Å²) >= 11 is 4.52. The first-order chi connectivity index (χ1) is 8.73. The Balaban J connectivity index is -0.00000000539. The maximum absolute atomic E-state index is 9.34. The van der Waals surface area contributed by atoms with E-state index in [9.17, 15) is 4.79 Å². The van der Waals surface area contributed by atoms with Gasteiger partial charge >= 0.3 is 0 Å². The van der Waals surface area contributed by atoms with Gasteiger partial charge in [0.2, 0.25) is 0 Å². The van der Waals surface area contributed by atoms with Crippen molar-refractivity contribution in [3.63, 3.8) is 0 Å². The molecule has 1 amide bonds. The fraction of sp³-hybridized carbons (Fsp3) is 0.500. The molecule has 0 atom stereocenters. The Morgan fingerprint density at radius 2 is 0.714 bits per heavy atom. The molecule has 3 radical (unpaired) electrons. The molecule has 28 heavy (non-hydrogen) atoms. The molecular formula is C18H48ClNO5Y3-6. The molecule has 0 aliphatic rings. The van der Waals surface area contributed by atoms with Crippen LogP contribution in [0.3, 0.4) is 0 Å². The summed E-state index contributed by atoms with van der Waals surface area (Å²) in [6.07, 6.45) is 0. The quantitative estimate of drug-likeness (QED) is 0.125. The third-order valence-corrected chi connectivity index (χ3v) is 0.125. The number of hydrogen-bond acceptors (Lipinski definition) is 4. The van der Waals surface area contributed by atoms with Gasteiger partial charge in [0.15, 0.2) is 5.97 Å².